The fourth-order valence-electron chi connectivity index (χ4n) is 3.38. The molecule has 1 heterocycles. The molecule has 3 aromatic carbocycles. The Balaban J connectivity index is 1.96. The molecule has 27 heavy (non-hydrogen) atoms. The SMILES string of the molecule is O=C(c1ccccc1)c1c2sc3ccccc3nc-2c2ccccc2c1=O. The molecule has 3 aromatic rings. The molecule has 0 fully saturated rings. The smallest absolute Gasteiger partial charge is 0.199 e. The predicted octanol–water partition coefficient (Wildman–Crippen LogP) is 5.15. The molecule has 0 saturated carbocycles. The summed E-state index contributed by atoms with van der Waals surface area (Å²) in [7, 11) is 0. The average Bonchev–Trinajstić information content (AvgIpc) is 2.73. The lowest BCUT2D eigenvalue weighted by Crippen LogP contribution is -2.18. The second kappa shape index (κ2) is 6.11. The number of nitrogens with zero attached hydrogens (tertiary/aromatic N) is 1. The zero-order valence-corrected chi connectivity index (χ0v) is 15.0. The van der Waals surface area contributed by atoms with Gasteiger partial charge in [-0.2, -0.15) is 0 Å². The topological polar surface area (TPSA) is 47.0 Å². The summed E-state index contributed by atoms with van der Waals surface area (Å²) in [6.45, 7) is 0. The van der Waals surface area contributed by atoms with Crippen molar-refractivity contribution in [1.82, 2.24) is 4.98 Å². The number of ketones is 1. The molecule has 0 saturated heterocycles. The van der Waals surface area contributed by atoms with Crippen LogP contribution in [0.5, 0.6) is 0 Å². The number of para-hydroxylation sites is 1. The van der Waals surface area contributed by atoms with E-state index < -0.39 is 0 Å². The lowest BCUT2D eigenvalue weighted by Gasteiger charge is -2.14. The molecule has 2 aliphatic rings. The van der Waals surface area contributed by atoms with Crippen molar-refractivity contribution in [3.63, 3.8) is 0 Å². The zero-order chi connectivity index (χ0) is 18.4. The summed E-state index contributed by atoms with van der Waals surface area (Å²) >= 11 is 1.45. The van der Waals surface area contributed by atoms with Gasteiger partial charge in [-0.25, -0.2) is 4.98 Å². The fourth-order valence-corrected chi connectivity index (χ4v) is 4.51. The Morgan fingerprint density at radius 3 is 2.26 bits per heavy atom. The fraction of sp³-hybridized carbons (Fsp3) is 0. The van der Waals surface area contributed by atoms with Crippen LogP contribution in [0.3, 0.4) is 0 Å². The third kappa shape index (κ3) is 2.46. The Morgan fingerprint density at radius 2 is 1.44 bits per heavy atom. The van der Waals surface area contributed by atoms with E-state index in [1.807, 2.05) is 48.5 Å². The first-order valence-corrected chi connectivity index (χ1v) is 9.40. The highest BCUT2D eigenvalue weighted by Crippen LogP contribution is 2.37. The maximum atomic E-state index is 13.3. The van der Waals surface area contributed by atoms with Gasteiger partial charge >= 0.3 is 0 Å². The number of carbonyl (C=O) groups excluding carboxylic acids is 1. The van der Waals surface area contributed by atoms with Crippen LogP contribution in [0.1, 0.15) is 15.9 Å². The van der Waals surface area contributed by atoms with Crippen molar-refractivity contribution in [3.05, 3.63) is 100 Å². The van der Waals surface area contributed by atoms with E-state index in [0.717, 1.165) is 15.6 Å². The predicted molar refractivity (Wildman–Crippen MR) is 110 cm³/mol. The molecule has 5 rings (SSSR count). The number of hydrogen-bond acceptors (Lipinski definition) is 4. The van der Waals surface area contributed by atoms with Crippen molar-refractivity contribution in [2.75, 3.05) is 0 Å². The highest BCUT2D eigenvalue weighted by atomic mass is 32.1. The van der Waals surface area contributed by atoms with E-state index in [4.69, 9.17) is 4.98 Å². The Morgan fingerprint density at radius 1 is 0.778 bits per heavy atom. The van der Waals surface area contributed by atoms with Crippen LogP contribution in [0.25, 0.3) is 31.6 Å². The quantitative estimate of drug-likeness (QED) is 0.246. The van der Waals surface area contributed by atoms with Crippen LogP contribution >= 0.6 is 11.3 Å². The highest BCUT2D eigenvalue weighted by molar-refractivity contribution is 7.21. The lowest BCUT2D eigenvalue weighted by molar-refractivity contribution is 0.103. The minimum absolute atomic E-state index is 0.207. The van der Waals surface area contributed by atoms with Crippen molar-refractivity contribution in [3.8, 4) is 10.6 Å². The van der Waals surface area contributed by atoms with E-state index in [9.17, 15) is 9.59 Å². The van der Waals surface area contributed by atoms with Crippen LogP contribution in [0.2, 0.25) is 0 Å². The van der Waals surface area contributed by atoms with Gasteiger partial charge in [0.05, 0.1) is 26.4 Å². The first kappa shape index (κ1) is 15.9. The van der Waals surface area contributed by atoms with Gasteiger partial charge in [0.2, 0.25) is 0 Å². The molecule has 4 heteroatoms. The summed E-state index contributed by atoms with van der Waals surface area (Å²) in [5.41, 5.74) is 2.04. The van der Waals surface area contributed by atoms with Crippen molar-refractivity contribution in [2.45, 2.75) is 0 Å². The minimum Gasteiger partial charge on any atom is -0.288 e. The molecule has 1 aliphatic heterocycles. The summed E-state index contributed by atoms with van der Waals surface area (Å²) in [5, 5.41) is 1.31. The molecular formula is C23H13NO2S. The van der Waals surface area contributed by atoms with E-state index in [1.165, 1.54) is 11.3 Å². The maximum Gasteiger partial charge on any atom is 0.199 e. The molecule has 0 radical (unpaired) electrons. The van der Waals surface area contributed by atoms with E-state index in [0.29, 0.717) is 21.5 Å². The van der Waals surface area contributed by atoms with Crippen LogP contribution in [0, 0.1) is 0 Å². The molecule has 128 valence electrons. The van der Waals surface area contributed by atoms with Crippen LogP contribution in [0.4, 0.5) is 0 Å². The second-order valence-electron chi connectivity index (χ2n) is 6.30. The first-order valence-electron chi connectivity index (χ1n) is 8.58. The van der Waals surface area contributed by atoms with Crippen molar-refractivity contribution < 1.29 is 4.79 Å². The van der Waals surface area contributed by atoms with E-state index in [1.54, 1.807) is 30.3 Å². The molecular weight excluding hydrogens is 354 g/mol. The first-order chi connectivity index (χ1) is 13.2. The maximum absolute atomic E-state index is 13.3. The zero-order valence-electron chi connectivity index (χ0n) is 14.2. The Bertz CT molecular complexity index is 1360. The van der Waals surface area contributed by atoms with Crippen LogP contribution in [0.15, 0.2) is 83.7 Å². The summed E-state index contributed by atoms with van der Waals surface area (Å²) in [6.07, 6.45) is 0. The molecule has 1 aliphatic carbocycles. The monoisotopic (exact) mass is 367 g/mol. The summed E-state index contributed by atoms with van der Waals surface area (Å²) < 4.78 is 0.946. The molecule has 0 aromatic heterocycles. The molecule has 3 nitrogen and oxygen atoms in total. The third-order valence-electron chi connectivity index (χ3n) is 4.67. The Hall–Kier alpha value is -3.37. The van der Waals surface area contributed by atoms with Gasteiger partial charge in [0.15, 0.2) is 11.2 Å². The highest BCUT2D eigenvalue weighted by Gasteiger charge is 2.25. The van der Waals surface area contributed by atoms with Gasteiger partial charge in [0, 0.05) is 16.3 Å². The van der Waals surface area contributed by atoms with Gasteiger partial charge in [-0.15, -0.1) is 11.3 Å². The van der Waals surface area contributed by atoms with Crippen LogP contribution in [-0.4, -0.2) is 10.8 Å². The van der Waals surface area contributed by atoms with Gasteiger partial charge in [0.25, 0.3) is 0 Å². The van der Waals surface area contributed by atoms with Gasteiger partial charge < -0.3 is 0 Å². The largest absolute Gasteiger partial charge is 0.288 e. The molecule has 0 amide bonds. The summed E-state index contributed by atoms with van der Waals surface area (Å²) in [6, 6.07) is 24.1. The molecule has 0 N–H and O–H groups in total. The van der Waals surface area contributed by atoms with E-state index in [-0.39, 0.29) is 16.8 Å². The Kier molecular flexibility index (Phi) is 3.59. The third-order valence-corrected chi connectivity index (χ3v) is 5.84. The second-order valence-corrected chi connectivity index (χ2v) is 7.36. The van der Waals surface area contributed by atoms with Crippen molar-refractivity contribution in [1.29, 1.82) is 0 Å². The van der Waals surface area contributed by atoms with Gasteiger partial charge in [-0.05, 0) is 12.1 Å². The van der Waals surface area contributed by atoms with Crippen LogP contribution in [-0.2, 0) is 0 Å². The Labute approximate surface area is 158 Å². The molecule has 0 atom stereocenters. The van der Waals surface area contributed by atoms with E-state index >= 15 is 0 Å². The average molecular weight is 367 g/mol. The number of fused-ring (bicyclic) bond motifs is 4. The normalized spacial score (nSPS) is 11.3. The van der Waals surface area contributed by atoms with Gasteiger partial charge in [-0.3, -0.25) is 9.59 Å². The number of carbonyl (C=O) groups is 1. The summed E-state index contributed by atoms with van der Waals surface area (Å²) in [5.74, 6) is -0.260. The van der Waals surface area contributed by atoms with Crippen LogP contribution < -0.4 is 5.43 Å². The molecule has 0 spiro atoms. The summed E-state index contributed by atoms with van der Waals surface area (Å²) in [4.78, 5) is 31.9. The number of hydrogen-bond donors (Lipinski definition) is 0. The lowest BCUT2D eigenvalue weighted by atomic mass is 9.95. The number of benzene rings is 4. The standard InChI is InChI=1S/C23H13NO2S/c25-21(14-8-2-1-3-9-14)19-22(26)16-11-5-4-10-15(16)20-23(19)27-18-13-7-6-12-17(18)24-20/h1-13H. The van der Waals surface area contributed by atoms with Crippen molar-refractivity contribution >= 4 is 38.1 Å². The minimum atomic E-state index is -0.260. The molecule has 0 unspecified atom stereocenters. The van der Waals surface area contributed by atoms with Gasteiger partial charge in [0.1, 0.15) is 0 Å². The van der Waals surface area contributed by atoms with Gasteiger partial charge in [-0.1, -0.05) is 66.7 Å². The van der Waals surface area contributed by atoms with Crippen molar-refractivity contribution in [2.24, 2.45) is 0 Å². The van der Waals surface area contributed by atoms with E-state index in [2.05, 4.69) is 0 Å². The number of rotatable bonds is 2. The molecule has 0 bridgehead atoms. The number of aromatic nitrogens is 1.